The molecule has 2 atom stereocenters. The molecule has 3 aliphatic rings. The molecular formula is C14H22O4S. The van der Waals surface area contributed by atoms with Gasteiger partial charge in [-0.05, 0) is 38.5 Å². The van der Waals surface area contributed by atoms with Crippen LogP contribution in [0.15, 0.2) is 0 Å². The average molecular weight is 286 g/mol. The van der Waals surface area contributed by atoms with Crippen molar-refractivity contribution in [3.63, 3.8) is 0 Å². The molecule has 3 saturated heterocycles. The number of hydrogen-bond donors (Lipinski definition) is 0. The number of rotatable bonds is 2. The van der Waals surface area contributed by atoms with Crippen molar-refractivity contribution in [1.82, 2.24) is 0 Å². The molecule has 5 heteroatoms. The van der Waals surface area contributed by atoms with Gasteiger partial charge in [0.05, 0.1) is 10.5 Å². The van der Waals surface area contributed by atoms with E-state index in [0.29, 0.717) is 31.8 Å². The lowest BCUT2D eigenvalue weighted by Crippen LogP contribution is -2.46. The molecule has 19 heavy (non-hydrogen) atoms. The Bertz CT molecular complexity index is 430. The van der Waals surface area contributed by atoms with E-state index in [1.165, 1.54) is 0 Å². The van der Waals surface area contributed by atoms with Crippen LogP contribution in [0.1, 0.15) is 44.9 Å². The van der Waals surface area contributed by atoms with E-state index >= 15 is 0 Å². The first-order chi connectivity index (χ1) is 9.09. The molecule has 3 fully saturated rings. The highest BCUT2D eigenvalue weighted by Gasteiger charge is 2.46. The van der Waals surface area contributed by atoms with Gasteiger partial charge in [0.2, 0.25) is 0 Å². The first kappa shape index (κ1) is 13.6. The van der Waals surface area contributed by atoms with Crippen molar-refractivity contribution >= 4 is 15.6 Å². The minimum Gasteiger partial charge on any atom is -0.381 e. The lowest BCUT2D eigenvalue weighted by atomic mass is 9.80. The van der Waals surface area contributed by atoms with Crippen LogP contribution in [0.25, 0.3) is 0 Å². The molecule has 0 saturated carbocycles. The number of Topliss-reactive ketones (excluding diaryl/α,β-unsaturated/α-hetero) is 1. The highest BCUT2D eigenvalue weighted by Crippen LogP contribution is 2.41. The van der Waals surface area contributed by atoms with E-state index < -0.39 is 9.84 Å². The van der Waals surface area contributed by atoms with Gasteiger partial charge in [-0.2, -0.15) is 0 Å². The van der Waals surface area contributed by atoms with Crippen molar-refractivity contribution in [1.29, 1.82) is 0 Å². The third-order valence-corrected chi connectivity index (χ3v) is 7.82. The van der Waals surface area contributed by atoms with Gasteiger partial charge < -0.3 is 4.74 Å². The normalized spacial score (nSPS) is 38.8. The predicted molar refractivity (Wildman–Crippen MR) is 71.6 cm³/mol. The Kier molecular flexibility index (Phi) is 3.69. The van der Waals surface area contributed by atoms with Gasteiger partial charge in [0.15, 0.2) is 9.84 Å². The van der Waals surface area contributed by atoms with Crippen LogP contribution in [-0.4, -0.2) is 37.9 Å². The van der Waals surface area contributed by atoms with Crippen LogP contribution in [0.3, 0.4) is 0 Å². The molecule has 0 radical (unpaired) electrons. The lowest BCUT2D eigenvalue weighted by molar-refractivity contribution is -0.130. The molecule has 0 aromatic rings. The maximum atomic E-state index is 12.5. The Labute approximate surface area is 114 Å². The van der Waals surface area contributed by atoms with Crippen LogP contribution in [0.2, 0.25) is 0 Å². The van der Waals surface area contributed by atoms with Gasteiger partial charge in [-0.3, -0.25) is 4.79 Å². The quantitative estimate of drug-likeness (QED) is 0.775. The topological polar surface area (TPSA) is 60.4 Å². The number of ether oxygens (including phenoxy) is 1. The second kappa shape index (κ2) is 5.17. The molecule has 3 heterocycles. The Hall–Kier alpha value is -0.420. The summed E-state index contributed by atoms with van der Waals surface area (Å²) in [6, 6.07) is 0. The van der Waals surface area contributed by atoms with E-state index in [1.54, 1.807) is 0 Å². The summed E-state index contributed by atoms with van der Waals surface area (Å²) >= 11 is 0. The fourth-order valence-electron chi connectivity index (χ4n) is 3.96. The molecule has 3 aliphatic heterocycles. The highest BCUT2D eigenvalue weighted by molar-refractivity contribution is 7.92. The van der Waals surface area contributed by atoms with Crippen LogP contribution in [0, 0.1) is 11.8 Å². The van der Waals surface area contributed by atoms with Crippen molar-refractivity contribution in [3.8, 4) is 0 Å². The van der Waals surface area contributed by atoms with Crippen LogP contribution < -0.4 is 0 Å². The summed E-state index contributed by atoms with van der Waals surface area (Å²) in [6.45, 7) is 1.35. The molecular weight excluding hydrogens is 264 g/mol. The fourth-order valence-corrected chi connectivity index (χ4v) is 6.49. The molecule has 0 aromatic heterocycles. The van der Waals surface area contributed by atoms with Gasteiger partial charge in [-0.15, -0.1) is 0 Å². The fraction of sp³-hybridized carbons (Fsp3) is 0.929. The zero-order chi connectivity index (χ0) is 13.5. The smallest absolute Gasteiger partial charge is 0.156 e. The van der Waals surface area contributed by atoms with Gasteiger partial charge in [0.25, 0.3) is 0 Å². The Morgan fingerprint density at radius 1 is 0.895 bits per heavy atom. The van der Waals surface area contributed by atoms with Gasteiger partial charge in [-0.25, -0.2) is 8.42 Å². The van der Waals surface area contributed by atoms with E-state index in [1.807, 2.05) is 0 Å². The summed E-state index contributed by atoms with van der Waals surface area (Å²) in [7, 11) is -2.94. The maximum absolute atomic E-state index is 12.5. The molecule has 0 amide bonds. The minimum atomic E-state index is -2.94. The monoisotopic (exact) mass is 286 g/mol. The minimum absolute atomic E-state index is 0.0121. The molecule has 0 N–H and O–H groups in total. The van der Waals surface area contributed by atoms with Crippen LogP contribution in [0.5, 0.6) is 0 Å². The van der Waals surface area contributed by atoms with Gasteiger partial charge in [-0.1, -0.05) is 6.42 Å². The first-order valence-corrected chi connectivity index (χ1v) is 9.04. The standard InChI is InChI=1S/C14H22O4S/c15-14(10-4-6-18-7-5-10)11-8-12-2-1-3-13(9-11)19(12,16)17/h10-13H,1-9H2. The molecule has 2 unspecified atom stereocenters. The van der Waals surface area contributed by atoms with E-state index in [4.69, 9.17) is 4.74 Å². The van der Waals surface area contributed by atoms with Crippen LogP contribution in [0.4, 0.5) is 0 Å². The molecule has 4 nitrogen and oxygen atoms in total. The molecule has 0 aliphatic carbocycles. The summed E-state index contributed by atoms with van der Waals surface area (Å²) in [4.78, 5) is 12.5. The summed E-state index contributed by atoms with van der Waals surface area (Å²) in [5, 5.41) is -0.484. The molecule has 0 aromatic carbocycles. The largest absolute Gasteiger partial charge is 0.381 e. The SMILES string of the molecule is O=C(C1CCOCC1)C1CC2CCCC(C1)S2(=O)=O. The Morgan fingerprint density at radius 2 is 1.47 bits per heavy atom. The molecule has 2 bridgehead atoms. The van der Waals surface area contributed by atoms with E-state index in [-0.39, 0.29) is 22.3 Å². The summed E-state index contributed by atoms with van der Waals surface area (Å²) in [5.74, 6) is 0.414. The lowest BCUT2D eigenvalue weighted by Gasteiger charge is -2.39. The first-order valence-electron chi connectivity index (χ1n) is 7.43. The third kappa shape index (κ3) is 2.47. The van der Waals surface area contributed by atoms with Gasteiger partial charge >= 0.3 is 0 Å². The number of hydrogen-bond acceptors (Lipinski definition) is 4. The average Bonchev–Trinajstić information content (AvgIpc) is 2.37. The summed E-state index contributed by atoms with van der Waals surface area (Å²) in [6.07, 6.45) is 5.32. The van der Waals surface area contributed by atoms with Crippen molar-refractivity contribution in [2.75, 3.05) is 13.2 Å². The summed E-state index contributed by atoms with van der Waals surface area (Å²) < 4.78 is 29.7. The number of ketones is 1. The van der Waals surface area contributed by atoms with E-state index in [2.05, 4.69) is 0 Å². The maximum Gasteiger partial charge on any atom is 0.156 e. The second-order valence-corrected chi connectivity index (χ2v) is 8.73. The molecule has 108 valence electrons. The van der Waals surface area contributed by atoms with Crippen molar-refractivity contribution < 1.29 is 17.9 Å². The molecule has 3 rings (SSSR count). The number of carbonyl (C=O) groups is 1. The zero-order valence-electron chi connectivity index (χ0n) is 11.2. The van der Waals surface area contributed by atoms with E-state index in [0.717, 1.165) is 32.1 Å². The number of fused-ring (bicyclic) bond motifs is 2. The second-order valence-electron chi connectivity index (χ2n) is 6.22. The summed E-state index contributed by atoms with van der Waals surface area (Å²) in [5.41, 5.74) is 0. The highest BCUT2D eigenvalue weighted by atomic mass is 32.2. The number of sulfone groups is 1. The predicted octanol–water partition coefficient (Wildman–Crippen LogP) is 1.73. The van der Waals surface area contributed by atoms with Crippen molar-refractivity contribution in [3.05, 3.63) is 0 Å². The van der Waals surface area contributed by atoms with Crippen molar-refractivity contribution in [2.24, 2.45) is 11.8 Å². The molecule has 0 spiro atoms. The van der Waals surface area contributed by atoms with Gasteiger partial charge in [0.1, 0.15) is 5.78 Å². The zero-order valence-corrected chi connectivity index (χ0v) is 12.0. The van der Waals surface area contributed by atoms with E-state index in [9.17, 15) is 13.2 Å². The van der Waals surface area contributed by atoms with Crippen molar-refractivity contribution in [2.45, 2.75) is 55.4 Å². The Morgan fingerprint density at radius 3 is 2.05 bits per heavy atom. The Balaban J connectivity index is 1.72. The number of carbonyl (C=O) groups excluding carboxylic acids is 1. The third-order valence-electron chi connectivity index (χ3n) is 5.10. The van der Waals surface area contributed by atoms with Crippen LogP contribution >= 0.6 is 0 Å². The van der Waals surface area contributed by atoms with Crippen LogP contribution in [-0.2, 0) is 19.4 Å². The van der Waals surface area contributed by atoms with Gasteiger partial charge in [0, 0.05) is 25.0 Å².